The summed E-state index contributed by atoms with van der Waals surface area (Å²) in [5.41, 5.74) is 2.43. The smallest absolute Gasteiger partial charge is 0.180 e. The lowest BCUT2D eigenvalue weighted by Crippen LogP contribution is -2.40. The first-order valence-electron chi connectivity index (χ1n) is 5.46. The maximum absolute atomic E-state index is 5.16. The molecule has 1 rings (SSSR count). The van der Waals surface area contributed by atoms with Gasteiger partial charge in [-0.3, -0.25) is 0 Å². The number of hydrazine groups is 1. The molecule has 82 valence electrons. The van der Waals surface area contributed by atoms with Crippen LogP contribution in [0.2, 0.25) is 0 Å². The molecule has 0 spiro atoms. The highest BCUT2D eigenvalue weighted by atomic mass is 32.1. The molecule has 0 saturated heterocycles. The molecule has 0 heterocycles. The summed E-state index contributed by atoms with van der Waals surface area (Å²) in [5.74, 6) is 6.98. The van der Waals surface area contributed by atoms with E-state index in [-0.39, 0.29) is 0 Å². The van der Waals surface area contributed by atoms with Gasteiger partial charge in [-0.1, -0.05) is 32.6 Å². The zero-order valence-electron chi connectivity index (χ0n) is 8.88. The molecule has 0 aliphatic heterocycles. The van der Waals surface area contributed by atoms with Crippen molar-refractivity contribution in [3.05, 3.63) is 0 Å². The summed E-state index contributed by atoms with van der Waals surface area (Å²) in [4.78, 5) is 0. The van der Waals surface area contributed by atoms with Gasteiger partial charge in [0.25, 0.3) is 0 Å². The fourth-order valence-corrected chi connectivity index (χ4v) is 2.16. The second-order valence-corrected chi connectivity index (χ2v) is 4.72. The van der Waals surface area contributed by atoms with Crippen LogP contribution in [0.25, 0.3) is 0 Å². The molecule has 0 unspecified atom stereocenters. The number of rotatable bonds is 3. The van der Waals surface area contributed by atoms with E-state index in [1.165, 1.54) is 32.1 Å². The SMILES string of the molecule is CC1CCC(CCNC(=S)NN)CC1. The van der Waals surface area contributed by atoms with E-state index in [1.54, 1.807) is 0 Å². The van der Waals surface area contributed by atoms with E-state index in [0.717, 1.165) is 18.4 Å². The molecule has 0 radical (unpaired) electrons. The van der Waals surface area contributed by atoms with Gasteiger partial charge in [-0.05, 0) is 30.5 Å². The van der Waals surface area contributed by atoms with Crippen molar-refractivity contribution in [2.45, 2.75) is 39.0 Å². The summed E-state index contributed by atoms with van der Waals surface area (Å²) in [5, 5.41) is 3.64. The van der Waals surface area contributed by atoms with Crippen LogP contribution in [0.3, 0.4) is 0 Å². The Morgan fingerprint density at radius 3 is 2.57 bits per heavy atom. The Labute approximate surface area is 91.8 Å². The monoisotopic (exact) mass is 215 g/mol. The van der Waals surface area contributed by atoms with Crippen LogP contribution in [-0.2, 0) is 0 Å². The Hall–Kier alpha value is -0.350. The third kappa shape index (κ3) is 4.24. The molecule has 1 saturated carbocycles. The summed E-state index contributed by atoms with van der Waals surface area (Å²) < 4.78 is 0. The van der Waals surface area contributed by atoms with Gasteiger partial charge in [-0.2, -0.15) is 0 Å². The molecule has 0 amide bonds. The highest BCUT2D eigenvalue weighted by Crippen LogP contribution is 2.29. The average molecular weight is 215 g/mol. The van der Waals surface area contributed by atoms with Crippen molar-refractivity contribution in [1.29, 1.82) is 0 Å². The maximum atomic E-state index is 5.16. The Balaban J connectivity index is 2.04. The highest BCUT2D eigenvalue weighted by molar-refractivity contribution is 7.80. The van der Waals surface area contributed by atoms with E-state index in [4.69, 9.17) is 18.1 Å². The third-order valence-corrected chi connectivity index (χ3v) is 3.37. The lowest BCUT2D eigenvalue weighted by atomic mass is 9.81. The van der Waals surface area contributed by atoms with Gasteiger partial charge in [0.2, 0.25) is 0 Å². The van der Waals surface area contributed by atoms with E-state index < -0.39 is 0 Å². The molecule has 0 atom stereocenters. The predicted molar refractivity (Wildman–Crippen MR) is 63.7 cm³/mol. The first kappa shape index (κ1) is 11.7. The molecule has 14 heavy (non-hydrogen) atoms. The van der Waals surface area contributed by atoms with Crippen molar-refractivity contribution in [1.82, 2.24) is 10.7 Å². The summed E-state index contributed by atoms with van der Waals surface area (Å²) in [7, 11) is 0. The number of thiocarbonyl (C=S) groups is 1. The Kier molecular flexibility index (Phi) is 5.19. The van der Waals surface area contributed by atoms with Crippen LogP contribution in [0.5, 0.6) is 0 Å². The zero-order valence-corrected chi connectivity index (χ0v) is 9.70. The van der Waals surface area contributed by atoms with E-state index in [9.17, 15) is 0 Å². The molecule has 1 aliphatic rings. The minimum Gasteiger partial charge on any atom is -0.362 e. The summed E-state index contributed by atoms with van der Waals surface area (Å²) in [6.07, 6.45) is 6.76. The van der Waals surface area contributed by atoms with Crippen molar-refractivity contribution >= 4 is 17.3 Å². The van der Waals surface area contributed by atoms with Crippen LogP contribution in [0.15, 0.2) is 0 Å². The zero-order chi connectivity index (χ0) is 10.4. The first-order chi connectivity index (χ1) is 6.72. The molecule has 1 fully saturated rings. The van der Waals surface area contributed by atoms with E-state index in [1.807, 2.05) is 0 Å². The van der Waals surface area contributed by atoms with Crippen LogP contribution in [0.4, 0.5) is 0 Å². The molecule has 0 aromatic rings. The van der Waals surface area contributed by atoms with E-state index >= 15 is 0 Å². The van der Waals surface area contributed by atoms with Gasteiger partial charge in [0.05, 0.1) is 0 Å². The molecule has 0 aromatic carbocycles. The van der Waals surface area contributed by atoms with Crippen LogP contribution in [-0.4, -0.2) is 11.7 Å². The normalized spacial score (nSPS) is 27.0. The van der Waals surface area contributed by atoms with Gasteiger partial charge in [0.15, 0.2) is 5.11 Å². The maximum Gasteiger partial charge on any atom is 0.180 e. The van der Waals surface area contributed by atoms with Gasteiger partial charge < -0.3 is 10.7 Å². The third-order valence-electron chi connectivity index (χ3n) is 3.10. The van der Waals surface area contributed by atoms with Crippen molar-refractivity contribution in [3.63, 3.8) is 0 Å². The van der Waals surface area contributed by atoms with Crippen LogP contribution in [0.1, 0.15) is 39.0 Å². The Morgan fingerprint density at radius 1 is 1.36 bits per heavy atom. The average Bonchev–Trinajstić information content (AvgIpc) is 2.21. The molecule has 0 bridgehead atoms. The van der Waals surface area contributed by atoms with Crippen molar-refractivity contribution in [2.75, 3.05) is 6.54 Å². The number of hydrogen-bond donors (Lipinski definition) is 3. The highest BCUT2D eigenvalue weighted by Gasteiger charge is 2.17. The lowest BCUT2D eigenvalue weighted by Gasteiger charge is -2.26. The molecule has 1 aliphatic carbocycles. The lowest BCUT2D eigenvalue weighted by molar-refractivity contribution is 0.278. The molecular formula is C10H21N3S. The molecule has 4 N–H and O–H groups in total. The standard InChI is InChI=1S/C10H21N3S/c1-8-2-4-9(5-3-8)6-7-12-10(14)13-11/h8-9H,2-7,11H2,1H3,(H2,12,13,14). The number of nitrogens with two attached hydrogens (primary N) is 1. The second kappa shape index (κ2) is 6.19. The van der Waals surface area contributed by atoms with E-state index in [2.05, 4.69) is 17.7 Å². The molecular weight excluding hydrogens is 194 g/mol. The number of hydrogen-bond acceptors (Lipinski definition) is 2. The predicted octanol–water partition coefficient (Wildman–Crippen LogP) is 1.54. The van der Waals surface area contributed by atoms with Gasteiger partial charge in [0.1, 0.15) is 0 Å². The molecule has 0 aromatic heterocycles. The number of nitrogens with one attached hydrogen (secondary N) is 2. The second-order valence-electron chi connectivity index (χ2n) is 4.31. The van der Waals surface area contributed by atoms with Gasteiger partial charge >= 0.3 is 0 Å². The van der Waals surface area contributed by atoms with Crippen molar-refractivity contribution in [3.8, 4) is 0 Å². The fourth-order valence-electron chi connectivity index (χ4n) is 2.06. The first-order valence-corrected chi connectivity index (χ1v) is 5.87. The molecule has 4 heteroatoms. The van der Waals surface area contributed by atoms with Gasteiger partial charge in [0, 0.05) is 6.54 Å². The van der Waals surface area contributed by atoms with Crippen molar-refractivity contribution in [2.24, 2.45) is 17.7 Å². The largest absolute Gasteiger partial charge is 0.362 e. The van der Waals surface area contributed by atoms with Crippen molar-refractivity contribution < 1.29 is 0 Å². The summed E-state index contributed by atoms with van der Waals surface area (Å²) in [6.45, 7) is 3.30. The van der Waals surface area contributed by atoms with Crippen LogP contribution < -0.4 is 16.6 Å². The fraction of sp³-hybridized carbons (Fsp3) is 0.900. The summed E-state index contributed by atoms with van der Waals surface area (Å²) >= 11 is 4.89. The Bertz CT molecular complexity index is 176. The van der Waals surface area contributed by atoms with Gasteiger partial charge in [-0.25, -0.2) is 5.84 Å². The minimum atomic E-state index is 0.550. The quantitative estimate of drug-likeness (QED) is 0.380. The summed E-state index contributed by atoms with van der Waals surface area (Å²) in [6, 6.07) is 0. The minimum absolute atomic E-state index is 0.550. The van der Waals surface area contributed by atoms with Gasteiger partial charge in [-0.15, -0.1) is 0 Å². The molecule has 3 nitrogen and oxygen atoms in total. The topological polar surface area (TPSA) is 50.1 Å². The van der Waals surface area contributed by atoms with Crippen LogP contribution in [0, 0.1) is 11.8 Å². The van der Waals surface area contributed by atoms with E-state index in [0.29, 0.717) is 5.11 Å². The van der Waals surface area contributed by atoms with Crippen LogP contribution >= 0.6 is 12.2 Å². The Morgan fingerprint density at radius 2 is 2.00 bits per heavy atom.